The van der Waals surface area contributed by atoms with E-state index in [4.69, 9.17) is 15.0 Å². The van der Waals surface area contributed by atoms with Crippen LogP contribution in [0.2, 0.25) is 0 Å². The van der Waals surface area contributed by atoms with Gasteiger partial charge in [0, 0.05) is 32.8 Å². The molecule has 61 heavy (non-hydrogen) atoms. The molecule has 0 aliphatic rings. The molecule has 0 saturated carbocycles. The van der Waals surface area contributed by atoms with Gasteiger partial charge in [-0.15, -0.1) is 0 Å². The third kappa shape index (κ3) is 5.96. The van der Waals surface area contributed by atoms with E-state index in [9.17, 15) is 0 Å². The van der Waals surface area contributed by atoms with E-state index in [0.717, 1.165) is 66.4 Å². The van der Waals surface area contributed by atoms with Crippen molar-refractivity contribution in [2.45, 2.75) is 0 Å². The Hall–Kier alpha value is -8.21. The fourth-order valence-electron chi connectivity index (χ4n) is 9.06. The lowest BCUT2D eigenvalue weighted by molar-refractivity contribution is 1.08. The summed E-state index contributed by atoms with van der Waals surface area (Å²) in [4.78, 5) is 15.8. The van der Waals surface area contributed by atoms with Gasteiger partial charge in [0.05, 0.1) is 16.7 Å². The third-order valence-electron chi connectivity index (χ3n) is 12.0. The van der Waals surface area contributed by atoms with Crippen molar-refractivity contribution in [2.24, 2.45) is 0 Å². The van der Waals surface area contributed by atoms with Gasteiger partial charge in [0.25, 0.3) is 0 Å². The van der Waals surface area contributed by atoms with Gasteiger partial charge in [0.2, 0.25) is 0 Å². The molecule has 0 aliphatic carbocycles. The fraction of sp³-hybridized carbons (Fsp3) is 0. The van der Waals surface area contributed by atoms with Gasteiger partial charge in [-0.2, -0.15) is 0 Å². The monoisotopic (exact) mass is 776 g/mol. The Bertz CT molecular complexity index is 3470. The van der Waals surface area contributed by atoms with Gasteiger partial charge in [-0.25, -0.2) is 15.0 Å². The number of rotatable bonds is 6. The minimum atomic E-state index is 0.618. The van der Waals surface area contributed by atoms with E-state index in [0.29, 0.717) is 17.5 Å². The lowest BCUT2D eigenvalue weighted by atomic mass is 9.90. The van der Waals surface area contributed by atoms with Crippen LogP contribution in [0, 0.1) is 0 Å². The first-order valence-electron chi connectivity index (χ1n) is 20.7. The van der Waals surface area contributed by atoms with Crippen LogP contribution in [0.5, 0.6) is 0 Å². The molecule has 0 radical (unpaired) electrons. The van der Waals surface area contributed by atoms with E-state index in [1.165, 1.54) is 32.3 Å². The molecular weight excluding hydrogens is 741 g/mol. The van der Waals surface area contributed by atoms with Crippen molar-refractivity contribution in [1.29, 1.82) is 0 Å². The number of benzene rings is 10. The lowest BCUT2D eigenvalue weighted by Gasteiger charge is -2.20. The van der Waals surface area contributed by atoms with Gasteiger partial charge in [-0.05, 0) is 85.6 Å². The molecule has 0 bridgehead atoms. The van der Waals surface area contributed by atoms with Crippen LogP contribution in [0.1, 0.15) is 0 Å². The average molecular weight is 777 g/mol. The minimum Gasteiger partial charge on any atom is -0.309 e. The Morgan fingerprint density at radius 3 is 1.21 bits per heavy atom. The second kappa shape index (κ2) is 14.3. The van der Waals surface area contributed by atoms with E-state index in [2.05, 4.69) is 187 Å². The topological polar surface area (TPSA) is 43.6 Å². The molecular formula is C57H36N4. The third-order valence-corrected chi connectivity index (χ3v) is 12.0. The summed E-state index contributed by atoms with van der Waals surface area (Å²) in [6, 6.07) is 77.8. The molecule has 10 aromatic carbocycles. The summed E-state index contributed by atoms with van der Waals surface area (Å²) >= 11 is 0. The van der Waals surface area contributed by atoms with Crippen LogP contribution in [0.3, 0.4) is 0 Å². The molecule has 0 amide bonds. The van der Waals surface area contributed by atoms with Gasteiger partial charge in [0.1, 0.15) is 0 Å². The maximum atomic E-state index is 5.37. The molecule has 0 spiro atoms. The summed E-state index contributed by atoms with van der Waals surface area (Å²) in [6.45, 7) is 0. The number of aromatic nitrogens is 4. The number of hydrogen-bond acceptors (Lipinski definition) is 3. The van der Waals surface area contributed by atoms with Gasteiger partial charge in [-0.3, -0.25) is 0 Å². The van der Waals surface area contributed by atoms with E-state index in [1.54, 1.807) is 0 Å². The highest BCUT2D eigenvalue weighted by Gasteiger charge is 2.24. The maximum Gasteiger partial charge on any atom is 0.165 e. The molecule has 284 valence electrons. The van der Waals surface area contributed by atoms with Crippen molar-refractivity contribution in [3.05, 3.63) is 218 Å². The highest BCUT2D eigenvalue weighted by Crippen LogP contribution is 2.45. The maximum absolute atomic E-state index is 5.37. The van der Waals surface area contributed by atoms with Crippen LogP contribution < -0.4 is 0 Å². The zero-order valence-corrected chi connectivity index (χ0v) is 33.1. The quantitative estimate of drug-likeness (QED) is 0.169. The Labute approximate surface area is 352 Å². The molecule has 4 heteroatoms. The second-order valence-electron chi connectivity index (χ2n) is 15.6. The van der Waals surface area contributed by atoms with Crippen LogP contribution in [0.25, 0.3) is 116 Å². The fourth-order valence-corrected chi connectivity index (χ4v) is 9.06. The van der Waals surface area contributed by atoms with E-state index in [1.807, 2.05) is 36.4 Å². The molecule has 0 N–H and O–H groups in total. The molecule has 0 aliphatic heterocycles. The number of nitrogens with zero attached hydrogens (tertiary/aromatic N) is 4. The summed E-state index contributed by atoms with van der Waals surface area (Å²) < 4.78 is 2.49. The largest absolute Gasteiger partial charge is 0.309 e. The summed E-state index contributed by atoms with van der Waals surface area (Å²) in [6.07, 6.45) is 0. The Morgan fingerprint density at radius 1 is 0.279 bits per heavy atom. The van der Waals surface area contributed by atoms with Crippen molar-refractivity contribution in [1.82, 2.24) is 19.5 Å². The summed E-state index contributed by atoms with van der Waals surface area (Å²) in [5, 5.41) is 9.43. The molecule has 0 saturated heterocycles. The van der Waals surface area contributed by atoms with Gasteiger partial charge in [-0.1, -0.05) is 182 Å². The van der Waals surface area contributed by atoms with Crippen LogP contribution >= 0.6 is 0 Å². The van der Waals surface area contributed by atoms with Gasteiger partial charge in [0.15, 0.2) is 17.5 Å². The molecule has 0 unspecified atom stereocenters. The summed E-state index contributed by atoms with van der Waals surface area (Å²) in [7, 11) is 0. The SMILES string of the molecule is c1ccc(-c2ccc3c(-n4c5cc6ccccc6cc5c5cc6ccccc6cc54)cc(-c4ccccc4)c(-c4nc(-c5ccccc5)nc(-c5ccccc5)n4)c3c2)cc1. The summed E-state index contributed by atoms with van der Waals surface area (Å²) in [5.41, 5.74) is 10.6. The van der Waals surface area contributed by atoms with Gasteiger partial charge < -0.3 is 4.57 Å². The van der Waals surface area contributed by atoms with Crippen LogP contribution in [-0.2, 0) is 0 Å². The minimum absolute atomic E-state index is 0.618. The van der Waals surface area contributed by atoms with E-state index >= 15 is 0 Å². The van der Waals surface area contributed by atoms with E-state index in [-0.39, 0.29) is 0 Å². The first-order chi connectivity index (χ1) is 30.2. The standard InChI is InChI=1S/C57H36N4/c1-5-17-37(18-6-1)45-29-30-46-50(33-45)54(57-59-55(39-21-9-3-10-22-39)58-56(60-57)40-23-11-4-12-24-40)47(38-19-7-2-8-20-38)36-53(46)61-51-34-43-27-15-13-25-41(43)31-48(51)49-32-42-26-14-16-28-44(42)35-52(49)61/h1-36H. The van der Waals surface area contributed by atoms with Crippen molar-refractivity contribution in [3.63, 3.8) is 0 Å². The van der Waals surface area contributed by atoms with E-state index < -0.39 is 0 Å². The number of hydrogen-bond donors (Lipinski definition) is 0. The summed E-state index contributed by atoms with van der Waals surface area (Å²) in [5.74, 6) is 1.87. The zero-order chi connectivity index (χ0) is 40.3. The molecule has 0 fully saturated rings. The molecule has 12 rings (SSSR count). The van der Waals surface area contributed by atoms with Gasteiger partial charge >= 0.3 is 0 Å². The van der Waals surface area contributed by atoms with Crippen molar-refractivity contribution < 1.29 is 0 Å². The molecule has 12 aromatic rings. The predicted molar refractivity (Wildman–Crippen MR) is 254 cm³/mol. The lowest BCUT2D eigenvalue weighted by Crippen LogP contribution is -2.04. The van der Waals surface area contributed by atoms with Crippen molar-refractivity contribution in [3.8, 4) is 62.1 Å². The Balaban J connectivity index is 1.26. The zero-order valence-electron chi connectivity index (χ0n) is 33.1. The molecule has 2 heterocycles. The average Bonchev–Trinajstić information content (AvgIpc) is 3.64. The Morgan fingerprint density at radius 2 is 0.705 bits per heavy atom. The number of fused-ring (bicyclic) bond motifs is 6. The first kappa shape index (κ1) is 34.8. The molecule has 4 nitrogen and oxygen atoms in total. The predicted octanol–water partition coefficient (Wildman–Crippen LogP) is 14.8. The van der Waals surface area contributed by atoms with Crippen LogP contribution in [0.15, 0.2) is 218 Å². The van der Waals surface area contributed by atoms with Crippen molar-refractivity contribution >= 4 is 54.1 Å². The first-order valence-corrected chi connectivity index (χ1v) is 20.7. The van der Waals surface area contributed by atoms with Crippen LogP contribution in [-0.4, -0.2) is 19.5 Å². The Kier molecular flexibility index (Phi) is 8.13. The van der Waals surface area contributed by atoms with Crippen LogP contribution in [0.4, 0.5) is 0 Å². The van der Waals surface area contributed by atoms with Crippen molar-refractivity contribution in [2.75, 3.05) is 0 Å². The molecule has 2 aromatic heterocycles. The normalized spacial score (nSPS) is 11.6. The highest BCUT2D eigenvalue weighted by molar-refractivity contribution is 6.18. The highest BCUT2D eigenvalue weighted by atomic mass is 15.0. The second-order valence-corrected chi connectivity index (χ2v) is 15.6. The smallest absolute Gasteiger partial charge is 0.165 e. The molecule has 0 atom stereocenters.